The number of ether oxygens (including phenoxy) is 1. The average molecular weight is 363 g/mol. The lowest BCUT2D eigenvalue weighted by atomic mass is 10.2. The van der Waals surface area contributed by atoms with Crippen molar-refractivity contribution in [1.82, 2.24) is 14.5 Å². The molecule has 0 amide bonds. The highest BCUT2D eigenvalue weighted by atomic mass is 32.1. The standard InChI is InChI=1S/C18H25N3O3S/c1-4-9-24-15(22)11-21-14(10-20-7-5-6-8-20)19-17-16(18(21)23)12(2)13(3)25-17/h4-11H2,1-3H3. The fraction of sp³-hybridized carbons (Fsp3) is 0.611. The minimum Gasteiger partial charge on any atom is -0.464 e. The van der Waals surface area contributed by atoms with Crippen LogP contribution in [-0.4, -0.2) is 40.1 Å². The third kappa shape index (κ3) is 3.77. The first kappa shape index (κ1) is 18.1. The zero-order valence-corrected chi connectivity index (χ0v) is 15.9. The second-order valence-corrected chi connectivity index (χ2v) is 7.79. The number of carbonyl (C=O) groups is 1. The molecule has 7 heteroatoms. The van der Waals surface area contributed by atoms with Gasteiger partial charge in [0.05, 0.1) is 18.5 Å². The van der Waals surface area contributed by atoms with E-state index in [4.69, 9.17) is 9.72 Å². The van der Waals surface area contributed by atoms with Crippen molar-refractivity contribution in [2.75, 3.05) is 19.7 Å². The maximum Gasteiger partial charge on any atom is 0.326 e. The van der Waals surface area contributed by atoms with Crippen LogP contribution in [0.3, 0.4) is 0 Å². The van der Waals surface area contributed by atoms with Gasteiger partial charge in [0, 0.05) is 4.88 Å². The number of aryl methyl sites for hydroxylation is 2. The normalized spacial score (nSPS) is 15.2. The largest absolute Gasteiger partial charge is 0.464 e. The van der Waals surface area contributed by atoms with E-state index < -0.39 is 0 Å². The highest BCUT2D eigenvalue weighted by Gasteiger charge is 2.21. The molecule has 136 valence electrons. The maximum absolute atomic E-state index is 13.1. The number of aromatic nitrogens is 2. The maximum atomic E-state index is 13.1. The van der Waals surface area contributed by atoms with Crippen molar-refractivity contribution >= 4 is 27.5 Å². The van der Waals surface area contributed by atoms with Crippen molar-refractivity contribution in [1.29, 1.82) is 0 Å². The van der Waals surface area contributed by atoms with Crippen LogP contribution in [0.2, 0.25) is 0 Å². The molecule has 3 heterocycles. The van der Waals surface area contributed by atoms with E-state index in [1.807, 2.05) is 20.8 Å². The fourth-order valence-corrected chi connectivity index (χ4v) is 4.22. The van der Waals surface area contributed by atoms with Crippen molar-refractivity contribution in [3.63, 3.8) is 0 Å². The molecule has 2 aromatic rings. The summed E-state index contributed by atoms with van der Waals surface area (Å²) in [5.41, 5.74) is 0.829. The molecule has 1 aliphatic rings. The van der Waals surface area contributed by atoms with Crippen molar-refractivity contribution in [2.24, 2.45) is 0 Å². The lowest BCUT2D eigenvalue weighted by Crippen LogP contribution is -2.32. The Kier molecular flexibility index (Phi) is 5.54. The average Bonchev–Trinajstić information content (AvgIpc) is 3.18. The summed E-state index contributed by atoms with van der Waals surface area (Å²) in [5.74, 6) is 0.284. The Morgan fingerprint density at radius 1 is 1.28 bits per heavy atom. The lowest BCUT2D eigenvalue weighted by molar-refractivity contribution is -0.144. The summed E-state index contributed by atoms with van der Waals surface area (Å²) in [6.07, 6.45) is 3.10. The SMILES string of the molecule is CCCOC(=O)Cn1c(CN2CCCC2)nc2sc(C)c(C)c2c1=O. The number of carbonyl (C=O) groups excluding carboxylic acids is 1. The Morgan fingerprint density at radius 2 is 2.00 bits per heavy atom. The minimum atomic E-state index is -0.377. The number of thiophene rings is 1. The molecular formula is C18H25N3O3S. The van der Waals surface area contributed by atoms with Gasteiger partial charge in [-0.25, -0.2) is 4.98 Å². The van der Waals surface area contributed by atoms with Crippen LogP contribution < -0.4 is 5.56 Å². The molecule has 0 unspecified atom stereocenters. The molecule has 3 rings (SSSR count). The highest BCUT2D eigenvalue weighted by Crippen LogP contribution is 2.26. The van der Waals surface area contributed by atoms with Crippen LogP contribution in [0.25, 0.3) is 10.2 Å². The topological polar surface area (TPSA) is 64.4 Å². The Labute approximate surface area is 151 Å². The van der Waals surface area contributed by atoms with Crippen molar-refractivity contribution in [2.45, 2.75) is 53.1 Å². The van der Waals surface area contributed by atoms with Gasteiger partial charge in [0.2, 0.25) is 0 Å². The number of esters is 1. The van der Waals surface area contributed by atoms with Crippen LogP contribution in [0.5, 0.6) is 0 Å². The molecule has 0 aromatic carbocycles. The Hall–Kier alpha value is -1.73. The molecule has 2 aromatic heterocycles. The first-order valence-corrected chi connectivity index (χ1v) is 9.70. The van der Waals surface area contributed by atoms with Gasteiger partial charge in [-0.3, -0.25) is 19.1 Å². The second-order valence-electron chi connectivity index (χ2n) is 6.59. The highest BCUT2D eigenvalue weighted by molar-refractivity contribution is 7.18. The number of hydrogen-bond acceptors (Lipinski definition) is 6. The third-order valence-electron chi connectivity index (χ3n) is 4.69. The molecular weight excluding hydrogens is 338 g/mol. The quantitative estimate of drug-likeness (QED) is 0.738. The van der Waals surface area contributed by atoms with Crippen LogP contribution in [0.15, 0.2) is 4.79 Å². The summed E-state index contributed by atoms with van der Waals surface area (Å²) in [5, 5.41) is 0.635. The van der Waals surface area contributed by atoms with E-state index >= 15 is 0 Å². The first-order chi connectivity index (χ1) is 12.0. The van der Waals surface area contributed by atoms with Gasteiger partial charge in [-0.1, -0.05) is 6.92 Å². The summed E-state index contributed by atoms with van der Waals surface area (Å²) in [7, 11) is 0. The number of fused-ring (bicyclic) bond motifs is 1. The summed E-state index contributed by atoms with van der Waals surface area (Å²) in [4.78, 5) is 34.1. The summed E-state index contributed by atoms with van der Waals surface area (Å²) in [6.45, 7) is 8.82. The Balaban J connectivity index is 2.02. The van der Waals surface area contributed by atoms with Crippen molar-refractivity contribution in [3.05, 3.63) is 26.6 Å². The van der Waals surface area contributed by atoms with Crippen LogP contribution >= 0.6 is 11.3 Å². The predicted molar refractivity (Wildman–Crippen MR) is 99.1 cm³/mol. The third-order valence-corrected chi connectivity index (χ3v) is 5.79. The summed E-state index contributed by atoms with van der Waals surface area (Å²) in [6, 6.07) is 0. The molecule has 0 aliphatic carbocycles. The monoisotopic (exact) mass is 363 g/mol. The van der Waals surface area contributed by atoms with Gasteiger partial charge in [-0.15, -0.1) is 11.3 Å². The molecule has 1 fully saturated rings. The predicted octanol–water partition coefficient (Wildman–Crippen LogP) is 2.62. The molecule has 1 saturated heterocycles. The minimum absolute atomic E-state index is 0.0702. The zero-order valence-electron chi connectivity index (χ0n) is 15.1. The van der Waals surface area contributed by atoms with Crippen LogP contribution in [0.4, 0.5) is 0 Å². The van der Waals surface area contributed by atoms with Crippen LogP contribution in [0.1, 0.15) is 42.5 Å². The molecule has 1 aliphatic heterocycles. The van der Waals surface area contributed by atoms with E-state index in [0.717, 1.165) is 34.8 Å². The number of rotatable bonds is 6. The van der Waals surface area contributed by atoms with E-state index in [-0.39, 0.29) is 18.1 Å². The Bertz CT molecular complexity index is 834. The second kappa shape index (κ2) is 7.66. The molecule has 0 N–H and O–H groups in total. The first-order valence-electron chi connectivity index (χ1n) is 8.88. The van der Waals surface area contributed by atoms with Gasteiger partial charge in [0.1, 0.15) is 17.2 Å². The van der Waals surface area contributed by atoms with E-state index in [2.05, 4.69) is 4.90 Å². The van der Waals surface area contributed by atoms with Crippen LogP contribution in [-0.2, 0) is 22.6 Å². The molecule has 0 radical (unpaired) electrons. The number of nitrogens with zero attached hydrogens (tertiary/aromatic N) is 3. The summed E-state index contributed by atoms with van der Waals surface area (Å²) >= 11 is 1.55. The molecule has 0 bridgehead atoms. The Morgan fingerprint density at radius 3 is 2.68 bits per heavy atom. The molecule has 0 atom stereocenters. The van der Waals surface area contributed by atoms with E-state index in [1.54, 1.807) is 11.3 Å². The molecule has 0 spiro atoms. The molecule has 25 heavy (non-hydrogen) atoms. The van der Waals surface area contributed by atoms with Crippen molar-refractivity contribution in [3.8, 4) is 0 Å². The fourth-order valence-electron chi connectivity index (χ4n) is 3.18. The van der Waals surface area contributed by atoms with Gasteiger partial charge in [0.25, 0.3) is 5.56 Å². The van der Waals surface area contributed by atoms with E-state index in [1.165, 1.54) is 17.4 Å². The van der Waals surface area contributed by atoms with Crippen LogP contribution in [0, 0.1) is 13.8 Å². The van der Waals surface area contributed by atoms with Gasteiger partial charge in [-0.05, 0) is 51.8 Å². The van der Waals surface area contributed by atoms with Crippen molar-refractivity contribution < 1.29 is 9.53 Å². The summed E-state index contributed by atoms with van der Waals surface area (Å²) < 4.78 is 6.70. The van der Waals surface area contributed by atoms with E-state index in [9.17, 15) is 9.59 Å². The molecule has 6 nitrogen and oxygen atoms in total. The lowest BCUT2D eigenvalue weighted by Gasteiger charge is -2.18. The number of hydrogen-bond donors (Lipinski definition) is 0. The van der Waals surface area contributed by atoms with Gasteiger partial charge >= 0.3 is 5.97 Å². The van der Waals surface area contributed by atoms with E-state index in [0.29, 0.717) is 24.4 Å². The number of likely N-dealkylation sites (tertiary alicyclic amines) is 1. The van der Waals surface area contributed by atoms with Gasteiger partial charge < -0.3 is 4.74 Å². The smallest absolute Gasteiger partial charge is 0.326 e. The zero-order chi connectivity index (χ0) is 18.0. The van der Waals surface area contributed by atoms with Gasteiger partial charge in [0.15, 0.2) is 0 Å². The van der Waals surface area contributed by atoms with Gasteiger partial charge in [-0.2, -0.15) is 0 Å². The molecule has 0 saturated carbocycles.